The average Bonchev–Trinajstić information content (AvgIpc) is 3.35. The van der Waals surface area contributed by atoms with Gasteiger partial charge >= 0.3 is 0 Å². The highest BCUT2D eigenvalue weighted by molar-refractivity contribution is 7.71. The molecule has 1 aliphatic carbocycles. The molecule has 0 aliphatic heterocycles. The summed E-state index contributed by atoms with van der Waals surface area (Å²) in [5.41, 5.74) is 2.45. The molecule has 0 unspecified atom stereocenters. The van der Waals surface area contributed by atoms with Crippen molar-refractivity contribution < 1.29 is 0 Å². The molecule has 22 heavy (non-hydrogen) atoms. The van der Waals surface area contributed by atoms with E-state index in [4.69, 9.17) is 12.2 Å². The molecule has 0 atom stereocenters. The van der Waals surface area contributed by atoms with Crippen LogP contribution in [0.5, 0.6) is 0 Å². The number of hydrogen-bond acceptors (Lipinski definition) is 3. The van der Waals surface area contributed by atoms with Gasteiger partial charge in [-0.15, -0.1) is 0 Å². The van der Waals surface area contributed by atoms with Crippen LogP contribution in [0, 0.1) is 4.77 Å². The van der Waals surface area contributed by atoms with Crippen molar-refractivity contribution in [3.8, 4) is 0 Å². The van der Waals surface area contributed by atoms with Crippen molar-refractivity contribution in [3.05, 3.63) is 65.5 Å². The first-order chi connectivity index (χ1) is 10.8. The molecule has 0 aromatic carbocycles. The molecule has 112 valence electrons. The predicted octanol–water partition coefficient (Wildman–Crippen LogP) is 3.49. The van der Waals surface area contributed by atoms with E-state index in [9.17, 15) is 0 Å². The Morgan fingerprint density at radius 1 is 1.18 bits per heavy atom. The fraction of sp³-hybridized carbons (Fsp3) is 0.294. The lowest BCUT2D eigenvalue weighted by atomic mass is 10.2. The summed E-state index contributed by atoms with van der Waals surface area (Å²) < 4.78 is 5.09. The molecular weight excluding hydrogens is 292 g/mol. The molecule has 4 nitrogen and oxygen atoms in total. The third-order valence-corrected chi connectivity index (χ3v) is 4.59. The van der Waals surface area contributed by atoms with E-state index in [1.165, 1.54) is 18.4 Å². The summed E-state index contributed by atoms with van der Waals surface area (Å²) in [6.07, 6.45) is 10.5. The van der Waals surface area contributed by atoms with E-state index in [1.807, 2.05) is 30.7 Å². The molecule has 0 N–H and O–H groups in total. The second kappa shape index (κ2) is 5.66. The topological polar surface area (TPSA) is 25.5 Å². The second-order valence-corrected chi connectivity index (χ2v) is 6.22. The molecule has 0 radical (unpaired) electrons. The molecular formula is C17H18N4S. The Hall–Kier alpha value is -1.98. The van der Waals surface area contributed by atoms with Crippen molar-refractivity contribution in [1.82, 2.24) is 18.9 Å². The lowest BCUT2D eigenvalue weighted by molar-refractivity contribution is 0.197. The molecule has 0 spiro atoms. The SMILES string of the molecule is S=c1n(CN(Cc2ccncc2)C2CC2)cc2ccccn12. The molecule has 4 rings (SSSR count). The summed E-state index contributed by atoms with van der Waals surface area (Å²) in [7, 11) is 0. The summed E-state index contributed by atoms with van der Waals surface area (Å²) in [6.45, 7) is 1.79. The van der Waals surface area contributed by atoms with Crippen LogP contribution in [-0.4, -0.2) is 24.9 Å². The first kappa shape index (κ1) is 13.7. The molecule has 1 fully saturated rings. The summed E-state index contributed by atoms with van der Waals surface area (Å²) in [4.78, 5) is 6.60. The van der Waals surface area contributed by atoms with Crippen LogP contribution < -0.4 is 0 Å². The minimum atomic E-state index is 0.679. The molecule has 0 bridgehead atoms. The van der Waals surface area contributed by atoms with Crippen LogP contribution in [0.4, 0.5) is 0 Å². The van der Waals surface area contributed by atoms with Gasteiger partial charge in [0.25, 0.3) is 0 Å². The lowest BCUT2D eigenvalue weighted by Crippen LogP contribution is -2.28. The van der Waals surface area contributed by atoms with Gasteiger partial charge in [-0.2, -0.15) is 0 Å². The van der Waals surface area contributed by atoms with Crippen LogP contribution in [0.25, 0.3) is 5.52 Å². The van der Waals surface area contributed by atoms with Gasteiger partial charge in [0.15, 0.2) is 4.77 Å². The second-order valence-electron chi connectivity index (χ2n) is 5.85. The van der Waals surface area contributed by atoms with Crippen molar-refractivity contribution in [2.24, 2.45) is 0 Å². The van der Waals surface area contributed by atoms with Crippen molar-refractivity contribution in [2.45, 2.75) is 32.1 Å². The van der Waals surface area contributed by atoms with Crippen molar-refractivity contribution >= 4 is 17.7 Å². The zero-order valence-electron chi connectivity index (χ0n) is 12.3. The Balaban J connectivity index is 1.61. The van der Waals surface area contributed by atoms with Crippen LogP contribution in [0.2, 0.25) is 0 Å². The van der Waals surface area contributed by atoms with Crippen LogP contribution in [-0.2, 0) is 13.2 Å². The van der Waals surface area contributed by atoms with E-state index in [0.717, 1.165) is 23.5 Å². The number of pyridine rings is 2. The third kappa shape index (κ3) is 2.69. The fourth-order valence-corrected chi connectivity index (χ4v) is 3.12. The van der Waals surface area contributed by atoms with E-state index in [2.05, 4.69) is 43.2 Å². The number of nitrogens with zero attached hydrogens (tertiary/aromatic N) is 4. The summed E-state index contributed by atoms with van der Waals surface area (Å²) in [5.74, 6) is 0. The molecule has 0 amide bonds. The Labute approximate surface area is 134 Å². The Morgan fingerprint density at radius 3 is 2.73 bits per heavy atom. The van der Waals surface area contributed by atoms with Gasteiger partial charge in [-0.1, -0.05) is 6.07 Å². The van der Waals surface area contributed by atoms with E-state index < -0.39 is 0 Å². The van der Waals surface area contributed by atoms with Crippen LogP contribution in [0.1, 0.15) is 18.4 Å². The highest BCUT2D eigenvalue weighted by Crippen LogP contribution is 2.29. The van der Waals surface area contributed by atoms with Gasteiger partial charge in [0.05, 0.1) is 12.2 Å². The maximum atomic E-state index is 5.61. The number of fused-ring (bicyclic) bond motifs is 1. The largest absolute Gasteiger partial charge is 0.309 e. The monoisotopic (exact) mass is 310 g/mol. The van der Waals surface area contributed by atoms with E-state index in [-0.39, 0.29) is 0 Å². The van der Waals surface area contributed by atoms with Crippen molar-refractivity contribution in [1.29, 1.82) is 0 Å². The van der Waals surface area contributed by atoms with E-state index >= 15 is 0 Å². The average molecular weight is 310 g/mol. The Morgan fingerprint density at radius 2 is 2.00 bits per heavy atom. The number of imidazole rings is 1. The molecule has 3 heterocycles. The van der Waals surface area contributed by atoms with Gasteiger partial charge in [0.1, 0.15) is 0 Å². The van der Waals surface area contributed by atoms with Crippen LogP contribution in [0.3, 0.4) is 0 Å². The molecule has 3 aromatic heterocycles. The van der Waals surface area contributed by atoms with Gasteiger partial charge < -0.3 is 4.57 Å². The standard InChI is InChI=1S/C17H18N4S/c22-17-20(12-16-3-1-2-10-21(16)17)13-19(15-4-5-15)11-14-6-8-18-9-7-14/h1-3,6-10,12,15H,4-5,11,13H2. The van der Waals surface area contributed by atoms with Gasteiger partial charge in [0.2, 0.25) is 0 Å². The van der Waals surface area contributed by atoms with Gasteiger partial charge in [-0.3, -0.25) is 14.3 Å². The smallest absolute Gasteiger partial charge is 0.185 e. The molecule has 1 saturated carbocycles. The fourth-order valence-electron chi connectivity index (χ4n) is 2.84. The maximum absolute atomic E-state index is 5.61. The van der Waals surface area contributed by atoms with Crippen molar-refractivity contribution in [3.63, 3.8) is 0 Å². The summed E-state index contributed by atoms with van der Waals surface area (Å²) in [6, 6.07) is 11.0. The predicted molar refractivity (Wildman–Crippen MR) is 89.0 cm³/mol. The Bertz CT molecular complexity index is 832. The molecule has 5 heteroatoms. The number of rotatable bonds is 5. The minimum absolute atomic E-state index is 0.679. The van der Waals surface area contributed by atoms with Gasteiger partial charge in [-0.05, 0) is 54.9 Å². The Kier molecular flexibility index (Phi) is 3.52. The zero-order valence-corrected chi connectivity index (χ0v) is 13.1. The summed E-state index contributed by atoms with van der Waals surface area (Å²) in [5, 5.41) is 0. The quantitative estimate of drug-likeness (QED) is 0.675. The highest BCUT2D eigenvalue weighted by atomic mass is 32.1. The molecule has 1 aliphatic rings. The highest BCUT2D eigenvalue weighted by Gasteiger charge is 2.29. The first-order valence-corrected chi connectivity index (χ1v) is 8.01. The van der Waals surface area contributed by atoms with Crippen molar-refractivity contribution in [2.75, 3.05) is 0 Å². The van der Waals surface area contributed by atoms with E-state index in [1.54, 1.807) is 0 Å². The van der Waals surface area contributed by atoms with Gasteiger partial charge in [0, 0.05) is 37.4 Å². The zero-order chi connectivity index (χ0) is 14.9. The normalized spacial score (nSPS) is 14.8. The third-order valence-electron chi connectivity index (χ3n) is 4.16. The van der Waals surface area contributed by atoms with E-state index in [0.29, 0.717) is 6.04 Å². The summed E-state index contributed by atoms with van der Waals surface area (Å²) >= 11 is 5.61. The number of hydrogen-bond donors (Lipinski definition) is 0. The maximum Gasteiger partial charge on any atom is 0.185 e. The molecule has 0 saturated heterocycles. The van der Waals surface area contributed by atoms with Crippen LogP contribution >= 0.6 is 12.2 Å². The van der Waals surface area contributed by atoms with Crippen LogP contribution in [0.15, 0.2) is 55.1 Å². The molecule has 3 aromatic rings. The van der Waals surface area contributed by atoms with Gasteiger partial charge in [-0.25, -0.2) is 0 Å². The minimum Gasteiger partial charge on any atom is -0.309 e. The number of aromatic nitrogens is 3. The lowest BCUT2D eigenvalue weighted by Gasteiger charge is -2.22. The first-order valence-electron chi connectivity index (χ1n) is 7.61.